The highest BCUT2D eigenvalue weighted by Gasteiger charge is 2.33. The number of carbonyl (C=O) groups excluding carboxylic acids is 1. The van der Waals surface area contributed by atoms with Crippen molar-refractivity contribution in [2.24, 2.45) is 5.92 Å². The minimum Gasteiger partial charge on any atom is -0.349 e. The Kier molecular flexibility index (Phi) is 7.02. The molecule has 0 aromatic heterocycles. The van der Waals surface area contributed by atoms with Crippen molar-refractivity contribution in [3.8, 4) is 0 Å². The zero-order chi connectivity index (χ0) is 22.1. The summed E-state index contributed by atoms with van der Waals surface area (Å²) in [6.07, 6.45) is 0.645. The highest BCUT2D eigenvalue weighted by atomic mass is 35.5. The summed E-state index contributed by atoms with van der Waals surface area (Å²) in [5.74, 6) is -2.87. The number of hydrogen-bond donors (Lipinski definition) is 1. The van der Waals surface area contributed by atoms with Crippen molar-refractivity contribution in [2.45, 2.75) is 30.7 Å². The van der Waals surface area contributed by atoms with E-state index in [9.17, 15) is 22.0 Å². The van der Waals surface area contributed by atoms with Gasteiger partial charge in [-0.3, -0.25) is 4.79 Å². The van der Waals surface area contributed by atoms with Crippen molar-refractivity contribution in [1.29, 1.82) is 0 Å². The van der Waals surface area contributed by atoms with Crippen LogP contribution in [0.15, 0.2) is 41.3 Å². The molecule has 2 aromatic rings. The van der Waals surface area contributed by atoms with Gasteiger partial charge in [0.05, 0.1) is 21.0 Å². The average molecular weight is 477 g/mol. The number of sulfonamides is 1. The Morgan fingerprint density at radius 3 is 2.33 bits per heavy atom. The fourth-order valence-corrected chi connectivity index (χ4v) is 5.13. The predicted octanol–water partition coefficient (Wildman–Crippen LogP) is 4.55. The van der Waals surface area contributed by atoms with Gasteiger partial charge in [0.15, 0.2) is 11.6 Å². The summed E-state index contributed by atoms with van der Waals surface area (Å²) < 4.78 is 53.0. The molecule has 3 rings (SSSR count). The van der Waals surface area contributed by atoms with Crippen LogP contribution in [-0.2, 0) is 14.8 Å². The second-order valence-corrected chi connectivity index (χ2v) is 9.91. The van der Waals surface area contributed by atoms with Crippen molar-refractivity contribution >= 4 is 39.1 Å². The van der Waals surface area contributed by atoms with Crippen LogP contribution in [0.25, 0.3) is 0 Å². The van der Waals surface area contributed by atoms with E-state index in [4.69, 9.17) is 23.2 Å². The molecule has 1 fully saturated rings. The number of amides is 1. The summed E-state index contributed by atoms with van der Waals surface area (Å²) in [7, 11) is -3.96. The molecular weight excluding hydrogens is 457 g/mol. The van der Waals surface area contributed by atoms with Gasteiger partial charge in [-0.1, -0.05) is 29.3 Å². The molecule has 2 aromatic carbocycles. The lowest BCUT2D eigenvalue weighted by Gasteiger charge is -2.31. The maximum Gasteiger partial charge on any atom is 0.243 e. The summed E-state index contributed by atoms with van der Waals surface area (Å²) in [4.78, 5) is 12.3. The Bertz CT molecular complexity index is 1060. The van der Waals surface area contributed by atoms with E-state index in [0.29, 0.717) is 29.0 Å². The van der Waals surface area contributed by atoms with E-state index in [2.05, 4.69) is 5.32 Å². The molecule has 1 atom stereocenters. The van der Waals surface area contributed by atoms with Gasteiger partial charge in [0, 0.05) is 19.0 Å². The molecule has 5 nitrogen and oxygen atoms in total. The first-order chi connectivity index (χ1) is 14.1. The van der Waals surface area contributed by atoms with Gasteiger partial charge in [0.25, 0.3) is 0 Å². The van der Waals surface area contributed by atoms with Gasteiger partial charge in [-0.15, -0.1) is 0 Å². The van der Waals surface area contributed by atoms with Crippen LogP contribution in [0.4, 0.5) is 8.78 Å². The standard InChI is InChI=1S/C20H20Cl2F2N2O3S/c1-12(14-2-4-16(21)17(22)10-14)25-20(27)13-6-8-26(9-7-13)30(28,29)15-3-5-18(23)19(24)11-15/h2-5,10-13H,6-9H2,1H3,(H,25,27). The van der Waals surface area contributed by atoms with Gasteiger partial charge in [0.2, 0.25) is 15.9 Å². The van der Waals surface area contributed by atoms with E-state index in [0.717, 1.165) is 17.7 Å². The number of nitrogens with zero attached hydrogens (tertiary/aromatic N) is 1. The smallest absolute Gasteiger partial charge is 0.243 e. The van der Waals surface area contributed by atoms with Crippen molar-refractivity contribution in [1.82, 2.24) is 9.62 Å². The molecule has 0 bridgehead atoms. The molecule has 162 valence electrons. The average Bonchev–Trinajstić information content (AvgIpc) is 2.72. The van der Waals surface area contributed by atoms with E-state index in [-0.39, 0.29) is 35.9 Å². The molecule has 0 radical (unpaired) electrons. The third-order valence-electron chi connectivity index (χ3n) is 5.16. The van der Waals surface area contributed by atoms with Gasteiger partial charge >= 0.3 is 0 Å². The largest absolute Gasteiger partial charge is 0.349 e. The van der Waals surface area contributed by atoms with E-state index < -0.39 is 21.7 Å². The monoisotopic (exact) mass is 476 g/mol. The van der Waals surface area contributed by atoms with Crippen LogP contribution in [-0.4, -0.2) is 31.7 Å². The van der Waals surface area contributed by atoms with Gasteiger partial charge < -0.3 is 5.32 Å². The summed E-state index contributed by atoms with van der Waals surface area (Å²) in [6.45, 7) is 2.04. The second-order valence-electron chi connectivity index (χ2n) is 7.16. The lowest BCUT2D eigenvalue weighted by Crippen LogP contribution is -2.43. The number of benzene rings is 2. The fraction of sp³-hybridized carbons (Fsp3) is 0.350. The Hall–Kier alpha value is -1.74. The normalized spacial score (nSPS) is 17.0. The van der Waals surface area contributed by atoms with Crippen LogP contribution in [0.2, 0.25) is 10.0 Å². The van der Waals surface area contributed by atoms with Crippen molar-refractivity contribution in [3.63, 3.8) is 0 Å². The van der Waals surface area contributed by atoms with Crippen LogP contribution >= 0.6 is 23.2 Å². The highest BCUT2D eigenvalue weighted by Crippen LogP contribution is 2.28. The molecule has 1 aliphatic rings. The van der Waals surface area contributed by atoms with Gasteiger partial charge in [-0.2, -0.15) is 4.31 Å². The minimum atomic E-state index is -3.96. The molecule has 1 N–H and O–H groups in total. The first kappa shape index (κ1) is 22.9. The van der Waals surface area contributed by atoms with Gasteiger partial charge in [-0.25, -0.2) is 17.2 Å². The van der Waals surface area contributed by atoms with Crippen LogP contribution in [0, 0.1) is 17.6 Å². The molecule has 1 unspecified atom stereocenters. The predicted molar refractivity (Wildman–Crippen MR) is 111 cm³/mol. The topological polar surface area (TPSA) is 66.5 Å². The van der Waals surface area contributed by atoms with Crippen LogP contribution in [0.5, 0.6) is 0 Å². The molecule has 0 saturated carbocycles. The minimum absolute atomic E-state index is 0.112. The lowest BCUT2D eigenvalue weighted by molar-refractivity contribution is -0.126. The summed E-state index contributed by atoms with van der Waals surface area (Å²) in [5, 5.41) is 3.73. The number of carbonyl (C=O) groups is 1. The lowest BCUT2D eigenvalue weighted by atomic mass is 9.96. The van der Waals surface area contributed by atoms with Gasteiger partial charge in [0.1, 0.15) is 0 Å². The van der Waals surface area contributed by atoms with Crippen molar-refractivity contribution in [2.75, 3.05) is 13.1 Å². The van der Waals surface area contributed by atoms with Gasteiger partial charge in [-0.05, 0) is 55.7 Å². The summed E-state index contributed by atoms with van der Waals surface area (Å²) in [5.41, 5.74) is 0.802. The third kappa shape index (κ3) is 4.94. The SMILES string of the molecule is CC(NC(=O)C1CCN(S(=O)(=O)c2ccc(F)c(F)c2)CC1)c1ccc(Cl)c(Cl)c1. The number of halogens is 4. The molecule has 30 heavy (non-hydrogen) atoms. The summed E-state index contributed by atoms with van der Waals surface area (Å²) in [6, 6.07) is 7.31. The fourth-order valence-electron chi connectivity index (χ4n) is 3.34. The van der Waals surface area contributed by atoms with E-state index in [1.807, 2.05) is 6.92 Å². The van der Waals surface area contributed by atoms with E-state index in [1.165, 1.54) is 4.31 Å². The van der Waals surface area contributed by atoms with Crippen LogP contribution < -0.4 is 5.32 Å². The maximum atomic E-state index is 13.4. The maximum absolute atomic E-state index is 13.4. The quantitative estimate of drug-likeness (QED) is 0.688. The Balaban J connectivity index is 1.61. The molecule has 10 heteroatoms. The molecule has 1 aliphatic heterocycles. The van der Waals surface area contributed by atoms with E-state index in [1.54, 1.807) is 18.2 Å². The zero-order valence-electron chi connectivity index (χ0n) is 16.0. The Morgan fingerprint density at radius 1 is 1.07 bits per heavy atom. The number of nitrogens with one attached hydrogen (secondary N) is 1. The van der Waals surface area contributed by atoms with Crippen LogP contribution in [0.3, 0.4) is 0 Å². The molecular formula is C20H20Cl2F2N2O3S. The molecule has 1 amide bonds. The third-order valence-corrected chi connectivity index (χ3v) is 7.79. The summed E-state index contributed by atoms with van der Waals surface area (Å²) >= 11 is 11.9. The Morgan fingerprint density at radius 2 is 1.73 bits per heavy atom. The molecule has 1 saturated heterocycles. The molecule has 0 spiro atoms. The first-order valence-corrected chi connectivity index (χ1v) is 11.5. The Labute approximate surface area is 184 Å². The van der Waals surface area contributed by atoms with Crippen LogP contribution in [0.1, 0.15) is 31.4 Å². The molecule has 1 heterocycles. The first-order valence-electron chi connectivity index (χ1n) is 9.30. The zero-order valence-corrected chi connectivity index (χ0v) is 18.4. The second kappa shape index (κ2) is 9.18. The number of piperidine rings is 1. The van der Waals surface area contributed by atoms with Crippen molar-refractivity contribution < 1.29 is 22.0 Å². The highest BCUT2D eigenvalue weighted by molar-refractivity contribution is 7.89. The number of rotatable bonds is 5. The molecule has 0 aliphatic carbocycles. The van der Waals surface area contributed by atoms with E-state index >= 15 is 0 Å². The van der Waals surface area contributed by atoms with Crippen molar-refractivity contribution in [3.05, 3.63) is 63.6 Å². The number of hydrogen-bond acceptors (Lipinski definition) is 3.